The Balaban J connectivity index is 1.68. The summed E-state index contributed by atoms with van der Waals surface area (Å²) >= 11 is 3.35. The number of hydrogen-bond donors (Lipinski definition) is 2. The van der Waals surface area contributed by atoms with E-state index in [2.05, 4.69) is 41.2 Å². The second-order valence-electron chi connectivity index (χ2n) is 5.69. The maximum absolute atomic E-state index is 9.59. The number of aliphatic hydroxyl groups excluding tert-OH is 1. The Morgan fingerprint density at radius 2 is 1.78 bits per heavy atom. The quantitative estimate of drug-likeness (QED) is 0.583. The lowest BCUT2D eigenvalue weighted by Crippen LogP contribution is -2.26. The number of ether oxygens (including phenoxy) is 2. The molecule has 0 unspecified atom stereocenters. The first-order chi connectivity index (χ1) is 13.0. The highest BCUT2D eigenvalue weighted by Crippen LogP contribution is 2.26. The molecule has 8 nitrogen and oxygen atoms in total. The highest BCUT2D eigenvalue weighted by Gasteiger charge is 2.14. The van der Waals surface area contributed by atoms with E-state index in [1.165, 1.54) is 0 Å². The van der Waals surface area contributed by atoms with E-state index in [-0.39, 0.29) is 6.01 Å². The van der Waals surface area contributed by atoms with Crippen molar-refractivity contribution in [1.82, 2.24) is 19.9 Å². The number of halogens is 1. The van der Waals surface area contributed by atoms with Crippen molar-refractivity contribution in [2.75, 3.05) is 5.32 Å². The Labute approximate surface area is 164 Å². The lowest BCUT2D eigenvalue weighted by atomic mass is 10.3. The fraction of sp³-hybridized carbons (Fsp3) is 0.222. The molecule has 140 valence electrons. The Morgan fingerprint density at radius 1 is 1.07 bits per heavy atom. The minimum Gasteiger partial charge on any atom is -0.471 e. The van der Waals surface area contributed by atoms with Crippen LogP contribution in [-0.2, 0) is 0 Å². The smallest absolute Gasteiger partial charge is 0.321 e. The number of aliphatic hydroxyl groups is 1. The third-order valence-electron chi connectivity index (χ3n) is 3.55. The fourth-order valence-corrected chi connectivity index (χ4v) is 2.23. The summed E-state index contributed by atoms with van der Waals surface area (Å²) in [7, 11) is 0. The molecule has 0 amide bonds. The Hall–Kier alpha value is -2.78. The molecule has 0 aliphatic rings. The zero-order valence-corrected chi connectivity index (χ0v) is 16.3. The fourth-order valence-electron chi connectivity index (χ4n) is 1.95. The van der Waals surface area contributed by atoms with Gasteiger partial charge < -0.3 is 19.9 Å². The van der Waals surface area contributed by atoms with Crippen LogP contribution >= 0.6 is 15.9 Å². The van der Waals surface area contributed by atoms with Gasteiger partial charge in [-0.3, -0.25) is 0 Å². The van der Waals surface area contributed by atoms with Gasteiger partial charge in [0.1, 0.15) is 11.9 Å². The summed E-state index contributed by atoms with van der Waals surface area (Å²) in [5, 5.41) is 12.7. The number of rotatable bonds is 7. The van der Waals surface area contributed by atoms with Crippen LogP contribution in [0.1, 0.15) is 13.8 Å². The summed E-state index contributed by atoms with van der Waals surface area (Å²) in [6.45, 7) is 3.42. The van der Waals surface area contributed by atoms with E-state index in [1.54, 1.807) is 50.6 Å². The van der Waals surface area contributed by atoms with Crippen molar-refractivity contribution in [2.45, 2.75) is 26.1 Å². The maximum Gasteiger partial charge on any atom is 0.321 e. The number of anilines is 2. The molecule has 9 heteroatoms. The van der Waals surface area contributed by atoms with Crippen molar-refractivity contribution >= 4 is 27.6 Å². The molecule has 0 aliphatic heterocycles. The first kappa shape index (κ1) is 19.0. The average Bonchev–Trinajstić information content (AvgIpc) is 2.67. The van der Waals surface area contributed by atoms with Crippen LogP contribution in [0.3, 0.4) is 0 Å². The van der Waals surface area contributed by atoms with E-state index < -0.39 is 12.2 Å². The lowest BCUT2D eigenvalue weighted by Gasteiger charge is -2.17. The molecule has 0 saturated heterocycles. The minimum absolute atomic E-state index is 0.281. The summed E-state index contributed by atoms with van der Waals surface area (Å²) in [6.07, 6.45) is 3.79. The molecule has 2 heterocycles. The monoisotopic (exact) mass is 431 g/mol. The van der Waals surface area contributed by atoms with Crippen LogP contribution in [0.2, 0.25) is 0 Å². The van der Waals surface area contributed by atoms with Crippen molar-refractivity contribution in [1.29, 1.82) is 0 Å². The molecule has 2 N–H and O–H groups in total. The van der Waals surface area contributed by atoms with Gasteiger partial charge in [0, 0.05) is 18.1 Å². The van der Waals surface area contributed by atoms with Crippen molar-refractivity contribution in [3.8, 4) is 17.6 Å². The average molecular weight is 432 g/mol. The molecule has 27 heavy (non-hydrogen) atoms. The van der Waals surface area contributed by atoms with E-state index in [0.29, 0.717) is 22.1 Å². The van der Waals surface area contributed by atoms with E-state index >= 15 is 0 Å². The lowest BCUT2D eigenvalue weighted by molar-refractivity contribution is 0.0569. The summed E-state index contributed by atoms with van der Waals surface area (Å²) in [4.78, 5) is 16.6. The molecule has 3 aromatic rings. The zero-order chi connectivity index (χ0) is 19.2. The van der Waals surface area contributed by atoms with Crippen molar-refractivity contribution in [3.05, 3.63) is 53.4 Å². The molecule has 0 fully saturated rings. The van der Waals surface area contributed by atoms with Crippen LogP contribution in [0.5, 0.6) is 17.6 Å². The van der Waals surface area contributed by atoms with Gasteiger partial charge >= 0.3 is 6.01 Å². The highest BCUT2D eigenvalue weighted by atomic mass is 79.9. The SMILES string of the molecule is C[C@@H](O)[C@@H](C)Oc1nc(Nc2ccc(Oc3ncccn3)cc2)ncc1Br. The molecular formula is C18H18BrN5O3. The van der Waals surface area contributed by atoms with Crippen molar-refractivity contribution < 1.29 is 14.6 Å². The minimum atomic E-state index is -0.621. The standard InChI is InChI=1S/C18H18BrN5O3/c1-11(25)12(2)26-16-15(19)10-22-17(24-16)23-13-4-6-14(7-5-13)27-18-20-8-3-9-21-18/h3-12,25H,1-2H3,(H,22,23,24)/t11-,12-/m1/s1. The second-order valence-corrected chi connectivity index (χ2v) is 6.55. The largest absolute Gasteiger partial charge is 0.471 e. The van der Waals surface area contributed by atoms with Gasteiger partial charge in [-0.2, -0.15) is 4.98 Å². The summed E-state index contributed by atoms with van der Waals surface area (Å²) in [5.41, 5.74) is 0.771. The third-order valence-corrected chi connectivity index (χ3v) is 4.09. The van der Waals surface area contributed by atoms with Gasteiger partial charge in [0.2, 0.25) is 11.8 Å². The van der Waals surface area contributed by atoms with E-state index in [1.807, 2.05) is 12.1 Å². The van der Waals surface area contributed by atoms with E-state index in [9.17, 15) is 5.11 Å². The molecule has 0 saturated carbocycles. The van der Waals surface area contributed by atoms with Crippen LogP contribution < -0.4 is 14.8 Å². The Bertz CT molecular complexity index is 878. The first-order valence-corrected chi connectivity index (χ1v) is 9.00. The van der Waals surface area contributed by atoms with Gasteiger partial charge in [-0.15, -0.1) is 0 Å². The number of aromatic nitrogens is 4. The molecular weight excluding hydrogens is 414 g/mol. The predicted molar refractivity (Wildman–Crippen MR) is 103 cm³/mol. The molecule has 3 rings (SSSR count). The summed E-state index contributed by atoms with van der Waals surface area (Å²) < 4.78 is 11.8. The second kappa shape index (κ2) is 8.74. The van der Waals surface area contributed by atoms with Gasteiger partial charge in [0.05, 0.1) is 16.8 Å². The van der Waals surface area contributed by atoms with Gasteiger partial charge in [-0.25, -0.2) is 15.0 Å². The molecule has 1 aromatic carbocycles. The Morgan fingerprint density at radius 3 is 2.44 bits per heavy atom. The summed E-state index contributed by atoms with van der Waals surface area (Å²) in [5.74, 6) is 1.33. The summed E-state index contributed by atoms with van der Waals surface area (Å²) in [6, 6.07) is 9.21. The first-order valence-electron chi connectivity index (χ1n) is 8.20. The van der Waals surface area contributed by atoms with E-state index in [4.69, 9.17) is 9.47 Å². The molecule has 2 atom stereocenters. The van der Waals surface area contributed by atoms with Crippen LogP contribution in [0.4, 0.5) is 11.6 Å². The van der Waals surface area contributed by atoms with Crippen molar-refractivity contribution in [2.24, 2.45) is 0 Å². The molecule has 0 spiro atoms. The van der Waals surface area contributed by atoms with Crippen LogP contribution in [-0.4, -0.2) is 37.3 Å². The molecule has 0 radical (unpaired) electrons. The van der Waals surface area contributed by atoms with Gasteiger partial charge in [0.15, 0.2) is 0 Å². The van der Waals surface area contributed by atoms with Crippen LogP contribution in [0.25, 0.3) is 0 Å². The van der Waals surface area contributed by atoms with Crippen LogP contribution in [0, 0.1) is 0 Å². The number of benzene rings is 1. The van der Waals surface area contributed by atoms with Gasteiger partial charge in [0.25, 0.3) is 0 Å². The zero-order valence-electron chi connectivity index (χ0n) is 14.7. The molecule has 2 aromatic heterocycles. The molecule has 0 aliphatic carbocycles. The van der Waals surface area contributed by atoms with Crippen molar-refractivity contribution in [3.63, 3.8) is 0 Å². The molecule has 0 bridgehead atoms. The normalized spacial score (nSPS) is 12.9. The highest BCUT2D eigenvalue weighted by molar-refractivity contribution is 9.10. The topological polar surface area (TPSA) is 102 Å². The third kappa shape index (κ3) is 5.35. The predicted octanol–water partition coefficient (Wildman–Crippen LogP) is 3.71. The Kier molecular flexibility index (Phi) is 6.15. The van der Waals surface area contributed by atoms with Crippen LogP contribution in [0.15, 0.2) is 53.4 Å². The number of nitrogens with one attached hydrogen (secondary N) is 1. The van der Waals surface area contributed by atoms with Gasteiger partial charge in [-0.1, -0.05) is 0 Å². The van der Waals surface area contributed by atoms with E-state index in [0.717, 1.165) is 5.69 Å². The maximum atomic E-state index is 9.59. The number of hydrogen-bond acceptors (Lipinski definition) is 8. The number of nitrogens with zero attached hydrogens (tertiary/aromatic N) is 4. The van der Waals surface area contributed by atoms with Gasteiger partial charge in [-0.05, 0) is 60.1 Å².